The largest absolute Gasteiger partial charge is 0.460 e. The number of esters is 1. The van der Waals surface area contributed by atoms with Crippen LogP contribution in [0.5, 0.6) is 0 Å². The van der Waals surface area contributed by atoms with Gasteiger partial charge in [-0.2, -0.15) is 4.68 Å². The van der Waals surface area contributed by atoms with Crippen molar-refractivity contribution in [1.82, 2.24) is 25.5 Å². The molecule has 0 amide bonds. The fraction of sp³-hybridized carbons (Fsp3) is 0.429. The molecule has 2 heterocycles. The van der Waals surface area contributed by atoms with Crippen molar-refractivity contribution in [3.63, 3.8) is 0 Å². The van der Waals surface area contributed by atoms with E-state index in [-0.39, 0.29) is 5.76 Å². The zero-order valence-electron chi connectivity index (χ0n) is 17.5. The topological polar surface area (TPSA) is 95.1 Å². The minimum atomic E-state index is -0.505. The van der Waals surface area contributed by atoms with E-state index in [9.17, 15) is 4.79 Å². The highest BCUT2D eigenvalue weighted by Gasteiger charge is 2.32. The third-order valence-electron chi connectivity index (χ3n) is 5.11. The van der Waals surface area contributed by atoms with E-state index < -0.39 is 11.5 Å². The lowest BCUT2D eigenvalue weighted by atomic mass is 9.97. The molecule has 0 bridgehead atoms. The van der Waals surface area contributed by atoms with Gasteiger partial charge in [-0.1, -0.05) is 25.1 Å². The SMILES string of the molecule is CCOC(=O)c1ccc(CNC(C)(CC)c2nnnn2-c2c(C)cccc2C)o1. The van der Waals surface area contributed by atoms with E-state index in [0.29, 0.717) is 18.9 Å². The standard InChI is InChI=1S/C21H27N5O3/c1-6-21(5,22-13-16-11-12-17(29-16)19(27)28-7-2)20-23-24-25-26(20)18-14(3)9-8-10-15(18)4/h8-12,22H,6-7,13H2,1-5H3. The van der Waals surface area contributed by atoms with Crippen LogP contribution in [0.4, 0.5) is 0 Å². The Morgan fingerprint density at radius 1 is 1.21 bits per heavy atom. The molecule has 1 atom stereocenters. The van der Waals surface area contributed by atoms with Crippen LogP contribution in [0.3, 0.4) is 0 Å². The maximum absolute atomic E-state index is 11.8. The number of aryl methyl sites for hydroxylation is 2. The number of tetrazole rings is 1. The molecule has 0 aliphatic heterocycles. The fourth-order valence-electron chi connectivity index (χ4n) is 3.25. The van der Waals surface area contributed by atoms with Gasteiger partial charge in [-0.15, -0.1) is 5.10 Å². The number of carbonyl (C=O) groups is 1. The quantitative estimate of drug-likeness (QED) is 0.582. The van der Waals surface area contributed by atoms with Gasteiger partial charge in [-0.05, 0) is 67.8 Å². The van der Waals surface area contributed by atoms with Gasteiger partial charge < -0.3 is 9.15 Å². The number of hydrogen-bond donors (Lipinski definition) is 1. The number of nitrogens with zero attached hydrogens (tertiary/aromatic N) is 4. The second-order valence-electron chi connectivity index (χ2n) is 7.18. The highest BCUT2D eigenvalue weighted by Crippen LogP contribution is 2.27. The zero-order valence-corrected chi connectivity index (χ0v) is 17.5. The van der Waals surface area contributed by atoms with Crippen LogP contribution >= 0.6 is 0 Å². The summed E-state index contributed by atoms with van der Waals surface area (Å²) < 4.78 is 12.4. The van der Waals surface area contributed by atoms with Gasteiger partial charge in [0.1, 0.15) is 5.76 Å². The summed E-state index contributed by atoms with van der Waals surface area (Å²) in [6, 6.07) is 9.50. The van der Waals surface area contributed by atoms with Crippen molar-refractivity contribution in [2.45, 2.75) is 53.1 Å². The van der Waals surface area contributed by atoms with E-state index in [2.05, 4.69) is 34.7 Å². The molecule has 0 aliphatic rings. The average molecular weight is 397 g/mol. The summed E-state index contributed by atoms with van der Waals surface area (Å²) in [7, 11) is 0. The van der Waals surface area contributed by atoms with E-state index in [4.69, 9.17) is 9.15 Å². The van der Waals surface area contributed by atoms with Gasteiger partial charge in [0, 0.05) is 0 Å². The molecule has 8 heteroatoms. The van der Waals surface area contributed by atoms with Gasteiger partial charge in [-0.25, -0.2) is 4.79 Å². The lowest BCUT2D eigenvalue weighted by Gasteiger charge is -2.28. The number of aromatic nitrogens is 4. The molecule has 3 aromatic rings. The Kier molecular flexibility index (Phi) is 6.12. The van der Waals surface area contributed by atoms with Crippen molar-refractivity contribution in [2.24, 2.45) is 0 Å². The highest BCUT2D eigenvalue weighted by molar-refractivity contribution is 5.86. The first-order valence-electron chi connectivity index (χ1n) is 9.76. The van der Waals surface area contributed by atoms with Crippen molar-refractivity contribution in [2.75, 3.05) is 6.61 Å². The molecule has 2 aromatic heterocycles. The predicted octanol–water partition coefficient (Wildman–Crippen LogP) is 3.46. The number of carbonyl (C=O) groups excluding carboxylic acids is 1. The summed E-state index contributed by atoms with van der Waals surface area (Å²) in [6.45, 7) is 10.7. The van der Waals surface area contributed by atoms with Crippen molar-refractivity contribution >= 4 is 5.97 Å². The van der Waals surface area contributed by atoms with Crippen molar-refractivity contribution in [3.05, 3.63) is 58.8 Å². The summed E-state index contributed by atoms with van der Waals surface area (Å²) in [6.07, 6.45) is 0.754. The molecule has 0 aliphatic carbocycles. The number of nitrogens with one attached hydrogen (secondary N) is 1. The Bertz CT molecular complexity index is 974. The van der Waals surface area contributed by atoms with Gasteiger partial charge in [0.15, 0.2) is 5.82 Å². The second-order valence-corrected chi connectivity index (χ2v) is 7.18. The molecular formula is C21H27N5O3. The summed E-state index contributed by atoms with van der Waals surface area (Å²) in [5, 5.41) is 16.0. The van der Waals surface area contributed by atoms with Gasteiger partial charge in [0.05, 0.1) is 24.4 Å². The zero-order chi connectivity index (χ0) is 21.0. The van der Waals surface area contributed by atoms with Gasteiger partial charge in [-0.3, -0.25) is 5.32 Å². The number of para-hydroxylation sites is 1. The first-order chi connectivity index (χ1) is 13.9. The van der Waals surface area contributed by atoms with Gasteiger partial charge in [0.25, 0.3) is 0 Å². The fourth-order valence-corrected chi connectivity index (χ4v) is 3.25. The van der Waals surface area contributed by atoms with Crippen molar-refractivity contribution in [3.8, 4) is 5.69 Å². The van der Waals surface area contributed by atoms with Crippen LogP contribution in [0.25, 0.3) is 5.69 Å². The Morgan fingerprint density at radius 2 is 1.93 bits per heavy atom. The second kappa shape index (κ2) is 8.57. The van der Waals surface area contributed by atoms with Crippen LogP contribution in [0, 0.1) is 13.8 Å². The highest BCUT2D eigenvalue weighted by atomic mass is 16.5. The Labute approximate surface area is 170 Å². The van der Waals surface area contributed by atoms with Crippen molar-refractivity contribution in [1.29, 1.82) is 0 Å². The Balaban J connectivity index is 1.85. The smallest absolute Gasteiger partial charge is 0.374 e. The van der Waals surface area contributed by atoms with E-state index in [0.717, 1.165) is 29.1 Å². The lowest BCUT2D eigenvalue weighted by Crippen LogP contribution is -2.41. The normalized spacial score (nSPS) is 13.3. The molecule has 29 heavy (non-hydrogen) atoms. The molecule has 3 rings (SSSR count). The molecule has 8 nitrogen and oxygen atoms in total. The molecular weight excluding hydrogens is 370 g/mol. The van der Waals surface area contributed by atoms with Crippen LogP contribution in [0.1, 0.15) is 60.5 Å². The van der Waals surface area contributed by atoms with Crippen LogP contribution < -0.4 is 5.32 Å². The van der Waals surface area contributed by atoms with Gasteiger partial charge >= 0.3 is 5.97 Å². The third-order valence-corrected chi connectivity index (χ3v) is 5.11. The van der Waals surface area contributed by atoms with Crippen LogP contribution in [0.15, 0.2) is 34.7 Å². The first kappa shape index (κ1) is 20.7. The average Bonchev–Trinajstić information content (AvgIpc) is 3.36. The minimum absolute atomic E-state index is 0.197. The number of benzene rings is 1. The molecule has 1 N–H and O–H groups in total. The minimum Gasteiger partial charge on any atom is -0.460 e. The number of hydrogen-bond acceptors (Lipinski definition) is 7. The summed E-state index contributed by atoms with van der Waals surface area (Å²) in [5.41, 5.74) is 2.68. The van der Waals surface area contributed by atoms with E-state index >= 15 is 0 Å². The molecule has 0 fully saturated rings. The molecule has 1 unspecified atom stereocenters. The summed E-state index contributed by atoms with van der Waals surface area (Å²) in [4.78, 5) is 11.8. The lowest BCUT2D eigenvalue weighted by molar-refractivity contribution is 0.0487. The monoisotopic (exact) mass is 397 g/mol. The van der Waals surface area contributed by atoms with E-state index in [1.165, 1.54) is 0 Å². The molecule has 1 aromatic carbocycles. The Morgan fingerprint density at radius 3 is 2.59 bits per heavy atom. The van der Waals surface area contributed by atoms with E-state index in [1.807, 2.05) is 32.0 Å². The van der Waals surface area contributed by atoms with Crippen LogP contribution in [-0.2, 0) is 16.8 Å². The summed E-state index contributed by atoms with van der Waals surface area (Å²) >= 11 is 0. The third kappa shape index (κ3) is 4.22. The number of rotatable bonds is 8. The summed E-state index contributed by atoms with van der Waals surface area (Å²) in [5.74, 6) is 1.09. The number of ether oxygens (including phenoxy) is 1. The maximum atomic E-state index is 11.8. The first-order valence-corrected chi connectivity index (χ1v) is 9.76. The van der Waals surface area contributed by atoms with Crippen LogP contribution in [-0.4, -0.2) is 32.8 Å². The Hall–Kier alpha value is -3.00. The molecule has 0 spiro atoms. The maximum Gasteiger partial charge on any atom is 0.374 e. The predicted molar refractivity (Wildman–Crippen MR) is 108 cm³/mol. The van der Waals surface area contributed by atoms with E-state index in [1.54, 1.807) is 23.7 Å². The molecule has 154 valence electrons. The van der Waals surface area contributed by atoms with Crippen molar-refractivity contribution < 1.29 is 13.9 Å². The molecule has 0 saturated heterocycles. The number of furan rings is 1. The van der Waals surface area contributed by atoms with Crippen LogP contribution in [0.2, 0.25) is 0 Å². The molecule has 0 saturated carbocycles. The van der Waals surface area contributed by atoms with Gasteiger partial charge in [0.2, 0.25) is 5.76 Å². The molecule has 0 radical (unpaired) electrons.